The van der Waals surface area contributed by atoms with Crippen molar-refractivity contribution in [2.24, 2.45) is 0 Å². The Morgan fingerprint density at radius 2 is 2.08 bits per heavy atom. The minimum atomic E-state index is -1.10. The van der Waals surface area contributed by atoms with E-state index in [4.69, 9.17) is 4.74 Å². The second-order valence-corrected chi connectivity index (χ2v) is 6.87. The molecule has 0 saturated heterocycles. The van der Waals surface area contributed by atoms with Crippen LogP contribution >= 0.6 is 0 Å². The van der Waals surface area contributed by atoms with Crippen LogP contribution in [0.1, 0.15) is 44.4 Å². The summed E-state index contributed by atoms with van der Waals surface area (Å²) >= 11 is 0. The number of hydrogen-bond acceptors (Lipinski definition) is 5. The minimum Gasteiger partial charge on any atom is -0.444 e. The third-order valence-corrected chi connectivity index (χ3v) is 3.57. The molecule has 0 aromatic heterocycles. The number of fused-ring (bicyclic) bond motifs is 1. The van der Waals surface area contributed by atoms with Gasteiger partial charge in [-0.15, -0.1) is 0 Å². The van der Waals surface area contributed by atoms with Gasteiger partial charge in [0.25, 0.3) is 0 Å². The third kappa shape index (κ3) is 4.94. The molecule has 7 nitrogen and oxygen atoms in total. The van der Waals surface area contributed by atoms with Crippen LogP contribution in [0, 0.1) is 0 Å². The standard InChI is InChI=1S/C17H24N2O5/c1-17(2,3)24-16(23)18-7-6-13(20)15(22)11-5-4-10-9-14(21)19-12(10)8-11/h4-5,8,13,15,20,22H,6-7,9H2,1-3H3,(H,18,23)(H,19,21). The first-order chi connectivity index (χ1) is 11.2. The normalized spacial score (nSPS) is 16.1. The van der Waals surface area contributed by atoms with Gasteiger partial charge in [0.05, 0.1) is 12.5 Å². The minimum absolute atomic E-state index is 0.0845. The molecule has 1 aromatic rings. The number of benzene rings is 1. The molecule has 1 aromatic carbocycles. The molecule has 0 saturated carbocycles. The zero-order chi connectivity index (χ0) is 17.9. The van der Waals surface area contributed by atoms with E-state index in [0.717, 1.165) is 5.56 Å². The van der Waals surface area contributed by atoms with Crippen LogP contribution in [0.5, 0.6) is 0 Å². The van der Waals surface area contributed by atoms with Crippen LogP contribution in [0.2, 0.25) is 0 Å². The maximum absolute atomic E-state index is 11.5. The molecular weight excluding hydrogens is 312 g/mol. The number of carbonyl (C=O) groups excluding carboxylic acids is 2. The van der Waals surface area contributed by atoms with Crippen molar-refractivity contribution in [3.63, 3.8) is 0 Å². The second kappa shape index (κ2) is 7.19. The summed E-state index contributed by atoms with van der Waals surface area (Å²) in [7, 11) is 0. The van der Waals surface area contributed by atoms with E-state index in [1.54, 1.807) is 39.0 Å². The second-order valence-electron chi connectivity index (χ2n) is 6.87. The molecule has 1 heterocycles. The summed E-state index contributed by atoms with van der Waals surface area (Å²) in [6.45, 7) is 5.46. The lowest BCUT2D eigenvalue weighted by Gasteiger charge is -2.21. The Hall–Kier alpha value is -2.12. The van der Waals surface area contributed by atoms with Gasteiger partial charge in [0, 0.05) is 12.2 Å². The predicted molar refractivity (Wildman–Crippen MR) is 88.6 cm³/mol. The summed E-state index contributed by atoms with van der Waals surface area (Å²) in [4.78, 5) is 22.9. The molecule has 0 radical (unpaired) electrons. The molecule has 2 rings (SSSR count). The van der Waals surface area contributed by atoms with Gasteiger partial charge in [0.15, 0.2) is 0 Å². The molecule has 2 amide bonds. The van der Waals surface area contributed by atoms with E-state index in [-0.39, 0.29) is 18.9 Å². The van der Waals surface area contributed by atoms with Crippen LogP contribution in [0.25, 0.3) is 0 Å². The smallest absolute Gasteiger partial charge is 0.407 e. The number of anilines is 1. The first-order valence-corrected chi connectivity index (χ1v) is 7.91. The summed E-state index contributed by atoms with van der Waals surface area (Å²) in [5.41, 5.74) is 1.46. The van der Waals surface area contributed by atoms with Crippen molar-refractivity contribution in [3.8, 4) is 0 Å². The van der Waals surface area contributed by atoms with Crippen molar-refractivity contribution in [1.29, 1.82) is 0 Å². The van der Waals surface area contributed by atoms with Crippen LogP contribution in [0.15, 0.2) is 18.2 Å². The molecular formula is C17H24N2O5. The van der Waals surface area contributed by atoms with E-state index < -0.39 is 23.9 Å². The Bertz CT molecular complexity index is 624. The van der Waals surface area contributed by atoms with Crippen molar-refractivity contribution < 1.29 is 24.5 Å². The molecule has 2 atom stereocenters. The van der Waals surface area contributed by atoms with Gasteiger partial charge in [-0.1, -0.05) is 12.1 Å². The van der Waals surface area contributed by atoms with Gasteiger partial charge in [0.1, 0.15) is 11.7 Å². The van der Waals surface area contributed by atoms with Gasteiger partial charge in [-0.2, -0.15) is 0 Å². The number of amides is 2. The number of carbonyl (C=O) groups is 2. The van der Waals surface area contributed by atoms with E-state index in [2.05, 4.69) is 10.6 Å². The summed E-state index contributed by atoms with van der Waals surface area (Å²) in [6, 6.07) is 5.11. The van der Waals surface area contributed by atoms with E-state index >= 15 is 0 Å². The molecule has 0 aliphatic carbocycles. The van der Waals surface area contributed by atoms with E-state index in [9.17, 15) is 19.8 Å². The number of rotatable bonds is 5. The van der Waals surface area contributed by atoms with Crippen molar-refractivity contribution >= 4 is 17.7 Å². The van der Waals surface area contributed by atoms with Crippen LogP contribution < -0.4 is 10.6 Å². The SMILES string of the molecule is CC(C)(C)OC(=O)NCCC(O)C(O)c1ccc2c(c1)NC(=O)C2. The van der Waals surface area contributed by atoms with Gasteiger partial charge in [-0.25, -0.2) is 4.79 Å². The molecule has 1 aliphatic rings. The number of hydrogen-bond donors (Lipinski definition) is 4. The Balaban J connectivity index is 1.84. The Kier molecular flexibility index (Phi) is 5.46. The topological polar surface area (TPSA) is 108 Å². The van der Waals surface area contributed by atoms with E-state index in [1.165, 1.54) is 0 Å². The van der Waals surface area contributed by atoms with Gasteiger partial charge in [-0.05, 0) is 44.4 Å². The molecule has 7 heteroatoms. The number of nitrogens with one attached hydrogen (secondary N) is 2. The first-order valence-electron chi connectivity index (χ1n) is 7.91. The Morgan fingerprint density at radius 1 is 1.38 bits per heavy atom. The van der Waals surface area contributed by atoms with Gasteiger partial charge in [-0.3, -0.25) is 4.79 Å². The molecule has 2 unspecified atom stereocenters. The van der Waals surface area contributed by atoms with Crippen LogP contribution in [-0.2, 0) is 16.0 Å². The summed E-state index contributed by atoms with van der Waals surface area (Å²) in [6.07, 6.45) is -2.22. The zero-order valence-corrected chi connectivity index (χ0v) is 14.1. The number of aliphatic hydroxyl groups excluding tert-OH is 2. The van der Waals surface area contributed by atoms with Crippen molar-refractivity contribution in [3.05, 3.63) is 29.3 Å². The fourth-order valence-electron chi connectivity index (χ4n) is 2.43. The molecule has 4 N–H and O–H groups in total. The lowest BCUT2D eigenvalue weighted by molar-refractivity contribution is -0.115. The van der Waals surface area contributed by atoms with E-state index in [1.807, 2.05) is 0 Å². The van der Waals surface area contributed by atoms with Gasteiger partial charge >= 0.3 is 6.09 Å². The quantitative estimate of drug-likeness (QED) is 0.651. The highest BCUT2D eigenvalue weighted by Crippen LogP contribution is 2.28. The number of ether oxygens (including phenoxy) is 1. The lowest BCUT2D eigenvalue weighted by Crippen LogP contribution is -2.34. The molecule has 1 aliphatic heterocycles. The van der Waals surface area contributed by atoms with Crippen LogP contribution in [0.3, 0.4) is 0 Å². The molecule has 24 heavy (non-hydrogen) atoms. The van der Waals surface area contributed by atoms with Crippen LogP contribution in [0.4, 0.5) is 10.5 Å². The monoisotopic (exact) mass is 336 g/mol. The maximum Gasteiger partial charge on any atom is 0.407 e. The summed E-state index contributed by atoms with van der Waals surface area (Å²) in [5.74, 6) is -0.0845. The van der Waals surface area contributed by atoms with Gasteiger partial charge in [0.2, 0.25) is 5.91 Å². The van der Waals surface area contributed by atoms with E-state index in [0.29, 0.717) is 17.7 Å². The Labute approximate surface area is 141 Å². The molecule has 0 bridgehead atoms. The highest BCUT2D eigenvalue weighted by molar-refractivity contribution is 5.99. The predicted octanol–water partition coefficient (Wildman–Crippen LogP) is 1.49. The average molecular weight is 336 g/mol. The maximum atomic E-state index is 11.5. The molecule has 0 spiro atoms. The number of alkyl carbamates (subject to hydrolysis) is 1. The fraction of sp³-hybridized carbons (Fsp3) is 0.529. The van der Waals surface area contributed by atoms with Crippen molar-refractivity contribution in [2.45, 2.75) is 51.4 Å². The first kappa shape index (κ1) is 18.2. The largest absolute Gasteiger partial charge is 0.444 e. The zero-order valence-electron chi connectivity index (χ0n) is 14.1. The average Bonchev–Trinajstić information content (AvgIpc) is 2.83. The van der Waals surface area contributed by atoms with Crippen molar-refractivity contribution in [2.75, 3.05) is 11.9 Å². The highest BCUT2D eigenvalue weighted by atomic mass is 16.6. The lowest BCUT2D eigenvalue weighted by atomic mass is 10.00. The highest BCUT2D eigenvalue weighted by Gasteiger charge is 2.23. The summed E-state index contributed by atoms with van der Waals surface area (Å²) in [5, 5.41) is 25.6. The molecule has 132 valence electrons. The van der Waals surface area contributed by atoms with Crippen LogP contribution in [-0.4, -0.2) is 40.5 Å². The Morgan fingerprint density at radius 3 is 2.75 bits per heavy atom. The third-order valence-electron chi connectivity index (χ3n) is 3.57. The number of aliphatic hydroxyl groups is 2. The van der Waals surface area contributed by atoms with Gasteiger partial charge < -0.3 is 25.6 Å². The van der Waals surface area contributed by atoms with Crippen molar-refractivity contribution in [1.82, 2.24) is 5.32 Å². The molecule has 0 fully saturated rings. The summed E-state index contributed by atoms with van der Waals surface area (Å²) < 4.78 is 5.09. The fourth-order valence-corrected chi connectivity index (χ4v) is 2.43.